The van der Waals surface area contributed by atoms with Crippen LogP contribution in [0.5, 0.6) is 0 Å². The monoisotopic (exact) mass is 237 g/mol. The molecule has 0 N–H and O–H groups in total. The van der Waals surface area contributed by atoms with Crippen molar-refractivity contribution in [3.05, 3.63) is 11.4 Å². The molecule has 0 spiro atoms. The van der Waals surface area contributed by atoms with E-state index < -0.39 is 5.79 Å². The number of hydrogen-bond acceptors (Lipinski definition) is 4. The van der Waals surface area contributed by atoms with E-state index in [0.29, 0.717) is 6.61 Å². The fraction of sp³-hybridized carbons (Fsp3) is 0.833. The van der Waals surface area contributed by atoms with Gasteiger partial charge >= 0.3 is 0 Å². The molecule has 0 amide bonds. The van der Waals surface area contributed by atoms with Crippen molar-refractivity contribution < 1.29 is 9.47 Å². The van der Waals surface area contributed by atoms with Gasteiger partial charge in [-0.15, -0.1) is 5.10 Å². The number of hydrogen-bond donors (Lipinski definition) is 0. The second kappa shape index (κ2) is 4.07. The molecule has 1 aliphatic carbocycles. The average Bonchev–Trinajstić information content (AvgIpc) is 2.84. The van der Waals surface area contributed by atoms with Gasteiger partial charge in [-0.1, -0.05) is 5.21 Å². The summed E-state index contributed by atoms with van der Waals surface area (Å²) in [7, 11) is 0. The highest BCUT2D eigenvalue weighted by Crippen LogP contribution is 2.24. The molecule has 2 heterocycles. The normalized spacial score (nSPS) is 27.1. The summed E-state index contributed by atoms with van der Waals surface area (Å²) in [5.41, 5.74) is 2.47. The third-order valence-electron chi connectivity index (χ3n) is 3.44. The Hall–Kier alpha value is -0.940. The van der Waals surface area contributed by atoms with E-state index in [-0.39, 0.29) is 6.10 Å². The number of rotatable bonds is 2. The van der Waals surface area contributed by atoms with E-state index in [9.17, 15) is 0 Å². The summed E-state index contributed by atoms with van der Waals surface area (Å²) in [6.07, 6.45) is 4.75. The van der Waals surface area contributed by atoms with Crippen LogP contribution in [0.2, 0.25) is 0 Å². The van der Waals surface area contributed by atoms with E-state index in [0.717, 1.165) is 19.4 Å². The zero-order valence-corrected chi connectivity index (χ0v) is 10.5. The van der Waals surface area contributed by atoms with Crippen LogP contribution in [0.25, 0.3) is 0 Å². The summed E-state index contributed by atoms with van der Waals surface area (Å²) >= 11 is 0. The highest BCUT2D eigenvalue weighted by molar-refractivity contribution is 5.13. The minimum Gasteiger partial charge on any atom is -0.348 e. The van der Waals surface area contributed by atoms with E-state index in [1.807, 2.05) is 18.5 Å². The Morgan fingerprint density at radius 1 is 1.35 bits per heavy atom. The van der Waals surface area contributed by atoms with E-state index in [1.54, 1.807) is 0 Å². The first-order valence-corrected chi connectivity index (χ1v) is 6.37. The largest absolute Gasteiger partial charge is 0.348 e. The van der Waals surface area contributed by atoms with E-state index in [4.69, 9.17) is 9.47 Å². The Bertz CT molecular complexity index is 414. The first-order chi connectivity index (χ1) is 8.14. The van der Waals surface area contributed by atoms with Gasteiger partial charge < -0.3 is 9.47 Å². The molecule has 5 heteroatoms. The summed E-state index contributed by atoms with van der Waals surface area (Å²) in [5, 5.41) is 8.49. The maximum absolute atomic E-state index is 5.80. The van der Waals surface area contributed by atoms with Gasteiger partial charge in [0.25, 0.3) is 0 Å². The number of nitrogens with zero attached hydrogens (tertiary/aromatic N) is 3. The molecule has 1 unspecified atom stereocenters. The Balaban J connectivity index is 1.71. The van der Waals surface area contributed by atoms with E-state index in [1.165, 1.54) is 24.2 Å². The number of ether oxygens (including phenoxy) is 2. The maximum Gasteiger partial charge on any atom is 0.163 e. The Morgan fingerprint density at radius 3 is 2.94 bits per heavy atom. The van der Waals surface area contributed by atoms with E-state index in [2.05, 4.69) is 10.3 Å². The van der Waals surface area contributed by atoms with Gasteiger partial charge in [-0.2, -0.15) is 0 Å². The molecular weight excluding hydrogens is 218 g/mol. The molecule has 1 fully saturated rings. The smallest absolute Gasteiger partial charge is 0.163 e. The third-order valence-corrected chi connectivity index (χ3v) is 3.44. The highest BCUT2D eigenvalue weighted by Gasteiger charge is 2.33. The van der Waals surface area contributed by atoms with Crippen molar-refractivity contribution in [2.45, 2.75) is 58.0 Å². The molecule has 1 aromatic heterocycles. The molecule has 0 saturated carbocycles. The lowest BCUT2D eigenvalue weighted by molar-refractivity contribution is -0.140. The molecular formula is C12H19N3O2. The zero-order chi connectivity index (χ0) is 11.9. The molecule has 1 aliphatic heterocycles. The molecule has 2 aliphatic rings. The Morgan fingerprint density at radius 2 is 2.18 bits per heavy atom. The second-order valence-corrected chi connectivity index (χ2v) is 5.32. The fourth-order valence-corrected chi connectivity index (χ4v) is 2.61. The first kappa shape index (κ1) is 11.2. The minimum atomic E-state index is -0.453. The molecule has 1 aromatic rings. The molecule has 1 saturated heterocycles. The van der Waals surface area contributed by atoms with Crippen LogP contribution in [0.3, 0.4) is 0 Å². The Kier molecular flexibility index (Phi) is 2.67. The SMILES string of the molecule is CC1(C)OCC(Cn2nnc3c2CCCC3)O1. The predicted octanol–water partition coefficient (Wildman–Crippen LogP) is 1.31. The van der Waals surface area contributed by atoms with Gasteiger partial charge in [-0.3, -0.25) is 0 Å². The van der Waals surface area contributed by atoms with Crippen LogP contribution in [-0.4, -0.2) is 33.5 Å². The van der Waals surface area contributed by atoms with Crippen LogP contribution in [0.4, 0.5) is 0 Å². The minimum absolute atomic E-state index is 0.0951. The molecule has 0 bridgehead atoms. The zero-order valence-electron chi connectivity index (χ0n) is 10.5. The van der Waals surface area contributed by atoms with Gasteiger partial charge in [-0.05, 0) is 39.5 Å². The molecule has 3 rings (SSSR count). The van der Waals surface area contributed by atoms with Crippen molar-refractivity contribution in [3.8, 4) is 0 Å². The molecule has 5 nitrogen and oxygen atoms in total. The molecule has 17 heavy (non-hydrogen) atoms. The van der Waals surface area contributed by atoms with Crippen molar-refractivity contribution in [1.29, 1.82) is 0 Å². The molecule has 0 aromatic carbocycles. The van der Waals surface area contributed by atoms with Gasteiger partial charge in [0.15, 0.2) is 5.79 Å². The summed E-state index contributed by atoms with van der Waals surface area (Å²) < 4.78 is 13.4. The first-order valence-electron chi connectivity index (χ1n) is 6.37. The predicted molar refractivity (Wildman–Crippen MR) is 61.6 cm³/mol. The maximum atomic E-state index is 5.80. The lowest BCUT2D eigenvalue weighted by Gasteiger charge is -2.18. The van der Waals surface area contributed by atoms with Crippen LogP contribution in [0, 0.1) is 0 Å². The third kappa shape index (κ3) is 2.21. The summed E-state index contributed by atoms with van der Waals surface area (Å²) in [6.45, 7) is 5.29. The highest BCUT2D eigenvalue weighted by atomic mass is 16.7. The average molecular weight is 237 g/mol. The molecule has 1 atom stereocenters. The van der Waals surface area contributed by atoms with Crippen LogP contribution in [0.15, 0.2) is 0 Å². The topological polar surface area (TPSA) is 49.2 Å². The van der Waals surface area contributed by atoms with Gasteiger partial charge in [0.05, 0.1) is 24.5 Å². The van der Waals surface area contributed by atoms with Gasteiger partial charge in [0, 0.05) is 0 Å². The summed E-state index contributed by atoms with van der Waals surface area (Å²) in [5.74, 6) is -0.453. The number of aryl methyl sites for hydroxylation is 1. The van der Waals surface area contributed by atoms with Crippen LogP contribution in [-0.2, 0) is 28.9 Å². The quantitative estimate of drug-likeness (QED) is 0.778. The van der Waals surface area contributed by atoms with Gasteiger partial charge in [-0.25, -0.2) is 4.68 Å². The van der Waals surface area contributed by atoms with Gasteiger partial charge in [0.2, 0.25) is 0 Å². The van der Waals surface area contributed by atoms with Crippen molar-refractivity contribution >= 4 is 0 Å². The standard InChI is InChI=1S/C12H19N3O2/c1-12(2)16-8-9(17-12)7-15-11-6-4-3-5-10(11)13-14-15/h9H,3-8H2,1-2H3. The summed E-state index contributed by atoms with van der Waals surface area (Å²) in [6, 6.07) is 0. The van der Waals surface area contributed by atoms with Gasteiger partial charge in [0.1, 0.15) is 6.10 Å². The Labute approximate surface area is 101 Å². The molecule has 94 valence electrons. The second-order valence-electron chi connectivity index (χ2n) is 5.32. The van der Waals surface area contributed by atoms with E-state index >= 15 is 0 Å². The lowest BCUT2D eigenvalue weighted by atomic mass is 10.0. The van der Waals surface area contributed by atoms with Crippen molar-refractivity contribution in [2.75, 3.05) is 6.61 Å². The number of fused-ring (bicyclic) bond motifs is 1. The van der Waals surface area contributed by atoms with Crippen molar-refractivity contribution in [2.24, 2.45) is 0 Å². The van der Waals surface area contributed by atoms with Crippen molar-refractivity contribution in [3.63, 3.8) is 0 Å². The molecule has 0 radical (unpaired) electrons. The van der Waals surface area contributed by atoms with Crippen LogP contribution >= 0.6 is 0 Å². The number of aromatic nitrogens is 3. The van der Waals surface area contributed by atoms with Crippen LogP contribution in [0.1, 0.15) is 38.1 Å². The van der Waals surface area contributed by atoms with Crippen LogP contribution < -0.4 is 0 Å². The fourth-order valence-electron chi connectivity index (χ4n) is 2.61. The summed E-state index contributed by atoms with van der Waals surface area (Å²) in [4.78, 5) is 0. The van der Waals surface area contributed by atoms with Crippen molar-refractivity contribution in [1.82, 2.24) is 15.0 Å². The lowest BCUT2D eigenvalue weighted by Crippen LogP contribution is -2.25.